The number of carbonyl (C=O) groups is 1. The van der Waals surface area contributed by atoms with E-state index in [4.69, 9.17) is 5.11 Å². The highest BCUT2D eigenvalue weighted by Gasteiger charge is 2.39. The minimum absolute atomic E-state index is 0.275. The van der Waals surface area contributed by atoms with Gasteiger partial charge < -0.3 is 5.11 Å². The Morgan fingerprint density at radius 2 is 1.55 bits per heavy atom. The second-order valence-corrected chi connectivity index (χ2v) is 8.81. The number of aliphatic carboxylic acids is 1. The zero-order valence-corrected chi connectivity index (χ0v) is 13.1. The summed E-state index contributed by atoms with van der Waals surface area (Å²) in [6, 6.07) is 0. The highest BCUT2D eigenvalue weighted by atomic mass is 32.2. The van der Waals surface area contributed by atoms with Gasteiger partial charge in [0.05, 0.1) is 11.2 Å². The highest BCUT2D eigenvalue weighted by Crippen LogP contribution is 2.34. The van der Waals surface area contributed by atoms with E-state index in [1.165, 1.54) is 4.31 Å². The number of nitrogens with zero attached hydrogens (tertiary/aromatic N) is 1. The van der Waals surface area contributed by atoms with Gasteiger partial charge in [-0.15, -0.1) is 0 Å². The van der Waals surface area contributed by atoms with Crippen LogP contribution in [-0.2, 0) is 14.8 Å². The molecule has 2 aliphatic rings. The summed E-state index contributed by atoms with van der Waals surface area (Å²) < 4.78 is 26.9. The van der Waals surface area contributed by atoms with E-state index in [1.54, 1.807) is 0 Å². The third-order valence-electron chi connectivity index (χ3n) is 4.72. The first-order valence-electron chi connectivity index (χ1n) is 7.52. The molecule has 0 aromatic rings. The third kappa shape index (κ3) is 3.34. The van der Waals surface area contributed by atoms with E-state index in [9.17, 15) is 13.2 Å². The molecule has 1 heterocycles. The van der Waals surface area contributed by atoms with Crippen molar-refractivity contribution < 1.29 is 18.3 Å². The molecule has 1 N–H and O–H groups in total. The first-order chi connectivity index (χ1) is 9.30. The van der Waals surface area contributed by atoms with Gasteiger partial charge in [-0.1, -0.05) is 13.8 Å². The van der Waals surface area contributed by atoms with Gasteiger partial charge in [-0.3, -0.25) is 4.79 Å². The Morgan fingerprint density at radius 1 is 1.05 bits per heavy atom. The van der Waals surface area contributed by atoms with Crippen molar-refractivity contribution in [3.8, 4) is 0 Å². The Hall–Kier alpha value is -0.620. The van der Waals surface area contributed by atoms with Gasteiger partial charge in [0.25, 0.3) is 0 Å². The molecule has 0 bridgehead atoms. The van der Waals surface area contributed by atoms with Crippen LogP contribution in [0.25, 0.3) is 0 Å². The maximum Gasteiger partial charge on any atom is 0.306 e. The van der Waals surface area contributed by atoms with Crippen LogP contribution in [0, 0.1) is 17.8 Å². The molecule has 0 aromatic carbocycles. The predicted molar refractivity (Wildman–Crippen MR) is 76.8 cm³/mol. The van der Waals surface area contributed by atoms with Crippen molar-refractivity contribution in [3.05, 3.63) is 0 Å². The smallest absolute Gasteiger partial charge is 0.306 e. The minimum atomic E-state index is -3.26. The molecule has 5 nitrogen and oxygen atoms in total. The summed E-state index contributed by atoms with van der Waals surface area (Å²) in [7, 11) is -3.26. The van der Waals surface area contributed by atoms with Gasteiger partial charge in [-0.25, -0.2) is 12.7 Å². The Kier molecular flexibility index (Phi) is 4.74. The van der Waals surface area contributed by atoms with Gasteiger partial charge >= 0.3 is 5.97 Å². The molecule has 2 fully saturated rings. The van der Waals surface area contributed by atoms with Crippen LogP contribution < -0.4 is 0 Å². The Labute approximate surface area is 121 Å². The molecule has 20 heavy (non-hydrogen) atoms. The Morgan fingerprint density at radius 3 is 2.00 bits per heavy atom. The molecular weight excluding hydrogens is 278 g/mol. The summed E-state index contributed by atoms with van der Waals surface area (Å²) in [5.74, 6) is -0.280. The van der Waals surface area contributed by atoms with E-state index in [1.807, 2.05) is 0 Å². The summed E-state index contributed by atoms with van der Waals surface area (Å²) in [5, 5.41) is 8.70. The summed E-state index contributed by atoms with van der Waals surface area (Å²) >= 11 is 0. The molecule has 0 amide bonds. The van der Waals surface area contributed by atoms with Crippen molar-refractivity contribution >= 4 is 16.0 Å². The molecule has 2 rings (SSSR count). The lowest BCUT2D eigenvalue weighted by molar-refractivity contribution is -0.142. The summed E-state index contributed by atoms with van der Waals surface area (Å²) in [4.78, 5) is 10.9. The normalized spacial score (nSPS) is 34.0. The molecule has 6 heteroatoms. The largest absolute Gasteiger partial charge is 0.481 e. The fraction of sp³-hybridized carbons (Fsp3) is 0.929. The number of sulfonamides is 1. The molecular formula is C14H25NO4S. The number of carboxylic acid groups (broad SMARTS) is 1. The molecule has 0 aromatic heterocycles. The molecule has 1 aliphatic carbocycles. The third-order valence-corrected chi connectivity index (χ3v) is 7.03. The van der Waals surface area contributed by atoms with E-state index in [0.29, 0.717) is 37.8 Å². The van der Waals surface area contributed by atoms with Crippen LogP contribution in [0.4, 0.5) is 0 Å². The van der Waals surface area contributed by atoms with Crippen LogP contribution in [0.2, 0.25) is 0 Å². The van der Waals surface area contributed by atoms with Crippen LogP contribution >= 0.6 is 0 Å². The number of hydrogen-bond donors (Lipinski definition) is 1. The predicted octanol–water partition coefficient (Wildman–Crippen LogP) is 1.94. The molecule has 0 radical (unpaired) electrons. The number of piperidine rings is 1. The molecule has 1 aliphatic heterocycles. The van der Waals surface area contributed by atoms with Gasteiger partial charge in [0.15, 0.2) is 0 Å². The van der Waals surface area contributed by atoms with Crippen molar-refractivity contribution in [1.29, 1.82) is 0 Å². The minimum Gasteiger partial charge on any atom is -0.481 e. The van der Waals surface area contributed by atoms with Crippen LogP contribution in [-0.4, -0.2) is 42.1 Å². The number of rotatable bonds is 3. The van der Waals surface area contributed by atoms with Crippen molar-refractivity contribution in [2.75, 3.05) is 13.1 Å². The zero-order chi connectivity index (χ0) is 14.9. The van der Waals surface area contributed by atoms with E-state index in [0.717, 1.165) is 19.3 Å². The Balaban J connectivity index is 2.02. The SMILES string of the molecule is C[C@H]1CC(S(=O)(=O)N2CCC(C(=O)O)CC2)C[C@H](C)C1. The standard InChI is InChI=1S/C14H25NO4S/c1-10-7-11(2)9-13(8-10)20(18,19)15-5-3-12(4-6-15)14(16)17/h10-13H,3-9H2,1-2H3,(H,16,17)/t10-,11-/m1/s1. The second kappa shape index (κ2) is 6.02. The topological polar surface area (TPSA) is 74.7 Å². The van der Waals surface area contributed by atoms with Crippen LogP contribution in [0.5, 0.6) is 0 Å². The molecule has 0 unspecified atom stereocenters. The lowest BCUT2D eigenvalue weighted by atomic mass is 9.83. The zero-order valence-electron chi connectivity index (χ0n) is 12.3. The van der Waals surface area contributed by atoms with Gasteiger partial charge in [0.1, 0.15) is 0 Å². The van der Waals surface area contributed by atoms with Gasteiger partial charge in [0, 0.05) is 13.1 Å². The lowest BCUT2D eigenvalue weighted by Gasteiger charge is -2.36. The van der Waals surface area contributed by atoms with E-state index < -0.39 is 16.0 Å². The number of hydrogen-bond acceptors (Lipinski definition) is 3. The maximum absolute atomic E-state index is 12.7. The van der Waals surface area contributed by atoms with Crippen molar-refractivity contribution in [3.63, 3.8) is 0 Å². The van der Waals surface area contributed by atoms with E-state index in [-0.39, 0.29) is 11.2 Å². The van der Waals surface area contributed by atoms with E-state index in [2.05, 4.69) is 13.8 Å². The fourth-order valence-electron chi connectivity index (χ4n) is 3.68. The summed E-state index contributed by atoms with van der Waals surface area (Å²) in [5.41, 5.74) is 0. The lowest BCUT2D eigenvalue weighted by Crippen LogP contribution is -2.46. The average molecular weight is 303 g/mol. The highest BCUT2D eigenvalue weighted by molar-refractivity contribution is 7.89. The van der Waals surface area contributed by atoms with E-state index >= 15 is 0 Å². The first kappa shape index (κ1) is 15.8. The van der Waals surface area contributed by atoms with Crippen LogP contribution in [0.3, 0.4) is 0 Å². The van der Waals surface area contributed by atoms with Crippen molar-refractivity contribution in [2.24, 2.45) is 17.8 Å². The first-order valence-corrected chi connectivity index (χ1v) is 9.02. The molecule has 116 valence electrons. The van der Waals surface area contributed by atoms with Crippen molar-refractivity contribution in [2.45, 2.75) is 51.2 Å². The van der Waals surface area contributed by atoms with Gasteiger partial charge in [-0.05, 0) is 43.9 Å². The van der Waals surface area contributed by atoms with Gasteiger partial charge in [-0.2, -0.15) is 0 Å². The monoisotopic (exact) mass is 303 g/mol. The van der Waals surface area contributed by atoms with Gasteiger partial charge in [0.2, 0.25) is 10.0 Å². The maximum atomic E-state index is 12.7. The summed E-state index contributed by atoms with van der Waals surface area (Å²) in [6.07, 6.45) is 3.46. The number of carboxylic acids is 1. The average Bonchev–Trinajstić information content (AvgIpc) is 2.37. The summed E-state index contributed by atoms with van der Waals surface area (Å²) in [6.45, 7) is 4.96. The van der Waals surface area contributed by atoms with Crippen molar-refractivity contribution in [1.82, 2.24) is 4.31 Å². The molecule has 1 saturated heterocycles. The molecule has 1 saturated carbocycles. The fourth-order valence-corrected chi connectivity index (χ4v) is 5.97. The van der Waals surface area contributed by atoms with Crippen LogP contribution in [0.1, 0.15) is 46.0 Å². The van der Waals surface area contributed by atoms with Crippen LogP contribution in [0.15, 0.2) is 0 Å². The second-order valence-electron chi connectivity index (χ2n) is 6.60. The Bertz CT molecular complexity index is 444. The molecule has 2 atom stereocenters. The molecule has 0 spiro atoms. The quantitative estimate of drug-likeness (QED) is 0.864.